The molecule has 5 nitrogen and oxygen atoms in total. The first-order valence-electron chi connectivity index (χ1n) is 8.49. The quantitative estimate of drug-likeness (QED) is 0.840. The molecule has 0 spiro atoms. The van der Waals surface area contributed by atoms with Gasteiger partial charge in [-0.2, -0.15) is 0 Å². The molecular weight excluding hydrogens is 316 g/mol. The number of carbonyl (C=O) groups excluding carboxylic acids is 1. The van der Waals surface area contributed by atoms with Crippen LogP contribution in [0, 0.1) is 6.92 Å². The van der Waals surface area contributed by atoms with Crippen LogP contribution in [0.5, 0.6) is 0 Å². The third-order valence-electron chi connectivity index (χ3n) is 4.72. The number of amides is 1. The SMILES string of the molecule is COC[C@@H]1C[C@H](OC)CN1C(=O)c1ccc(-c2ccccc2)nc1C. The molecule has 0 unspecified atom stereocenters. The number of benzene rings is 1. The maximum atomic E-state index is 13.0. The van der Waals surface area contributed by atoms with Crippen LogP contribution >= 0.6 is 0 Å². The third-order valence-corrected chi connectivity index (χ3v) is 4.72. The van der Waals surface area contributed by atoms with Gasteiger partial charge in [0.05, 0.1) is 35.7 Å². The van der Waals surface area contributed by atoms with Crippen LogP contribution in [-0.2, 0) is 9.47 Å². The van der Waals surface area contributed by atoms with Crippen LogP contribution in [0.4, 0.5) is 0 Å². The number of pyridine rings is 1. The molecule has 3 rings (SSSR count). The Morgan fingerprint density at radius 3 is 2.60 bits per heavy atom. The van der Waals surface area contributed by atoms with Crippen molar-refractivity contribution in [3.63, 3.8) is 0 Å². The summed E-state index contributed by atoms with van der Waals surface area (Å²) in [5.41, 5.74) is 3.29. The second-order valence-electron chi connectivity index (χ2n) is 6.36. The Morgan fingerprint density at radius 1 is 1.20 bits per heavy atom. The zero-order valence-corrected chi connectivity index (χ0v) is 14.9. The van der Waals surface area contributed by atoms with Gasteiger partial charge in [-0.25, -0.2) is 0 Å². The summed E-state index contributed by atoms with van der Waals surface area (Å²) in [6, 6.07) is 13.8. The molecule has 25 heavy (non-hydrogen) atoms. The molecule has 1 aromatic carbocycles. The van der Waals surface area contributed by atoms with Gasteiger partial charge in [-0.15, -0.1) is 0 Å². The fraction of sp³-hybridized carbons (Fsp3) is 0.400. The number of hydrogen-bond donors (Lipinski definition) is 0. The van der Waals surface area contributed by atoms with Crippen LogP contribution in [0.2, 0.25) is 0 Å². The van der Waals surface area contributed by atoms with E-state index < -0.39 is 0 Å². The topological polar surface area (TPSA) is 51.7 Å². The highest BCUT2D eigenvalue weighted by Crippen LogP contribution is 2.25. The van der Waals surface area contributed by atoms with Crippen molar-refractivity contribution in [2.75, 3.05) is 27.4 Å². The Balaban J connectivity index is 1.84. The van der Waals surface area contributed by atoms with Crippen molar-refractivity contribution < 1.29 is 14.3 Å². The Hall–Kier alpha value is -2.24. The molecule has 2 heterocycles. The lowest BCUT2D eigenvalue weighted by Crippen LogP contribution is -2.38. The lowest BCUT2D eigenvalue weighted by atomic mass is 10.1. The van der Waals surface area contributed by atoms with Crippen LogP contribution in [0.1, 0.15) is 22.5 Å². The molecule has 5 heteroatoms. The summed E-state index contributed by atoms with van der Waals surface area (Å²) >= 11 is 0. The molecule has 1 aromatic heterocycles. The largest absolute Gasteiger partial charge is 0.383 e. The Labute approximate surface area is 148 Å². The van der Waals surface area contributed by atoms with Gasteiger partial charge in [0, 0.05) is 26.3 Å². The van der Waals surface area contributed by atoms with Gasteiger partial charge >= 0.3 is 0 Å². The number of carbonyl (C=O) groups is 1. The van der Waals surface area contributed by atoms with Crippen LogP contribution in [0.15, 0.2) is 42.5 Å². The molecule has 0 aliphatic carbocycles. The van der Waals surface area contributed by atoms with E-state index in [9.17, 15) is 4.79 Å². The van der Waals surface area contributed by atoms with Crippen molar-refractivity contribution in [3.05, 3.63) is 53.7 Å². The van der Waals surface area contributed by atoms with E-state index in [1.165, 1.54) is 0 Å². The molecule has 1 aliphatic heterocycles. The van der Waals surface area contributed by atoms with Crippen molar-refractivity contribution in [2.24, 2.45) is 0 Å². The zero-order valence-electron chi connectivity index (χ0n) is 14.9. The van der Waals surface area contributed by atoms with Crippen LogP contribution < -0.4 is 0 Å². The second kappa shape index (κ2) is 7.76. The molecule has 2 aromatic rings. The highest BCUT2D eigenvalue weighted by atomic mass is 16.5. The van der Waals surface area contributed by atoms with E-state index >= 15 is 0 Å². The fourth-order valence-corrected chi connectivity index (χ4v) is 3.36. The summed E-state index contributed by atoms with van der Waals surface area (Å²) in [6.45, 7) is 2.98. The first-order valence-corrected chi connectivity index (χ1v) is 8.49. The van der Waals surface area contributed by atoms with Gasteiger partial charge in [0.15, 0.2) is 0 Å². The molecule has 0 radical (unpaired) electrons. The van der Waals surface area contributed by atoms with E-state index in [2.05, 4.69) is 4.98 Å². The molecule has 1 saturated heterocycles. The number of aromatic nitrogens is 1. The van der Waals surface area contributed by atoms with Gasteiger partial charge in [-0.3, -0.25) is 9.78 Å². The molecule has 1 fully saturated rings. The van der Waals surface area contributed by atoms with Gasteiger partial charge in [0.25, 0.3) is 5.91 Å². The van der Waals surface area contributed by atoms with Crippen molar-refractivity contribution in [3.8, 4) is 11.3 Å². The number of rotatable bonds is 5. The predicted molar refractivity (Wildman–Crippen MR) is 96.5 cm³/mol. The average molecular weight is 340 g/mol. The van der Waals surface area contributed by atoms with Gasteiger partial charge in [0.1, 0.15) is 0 Å². The van der Waals surface area contributed by atoms with Gasteiger partial charge < -0.3 is 14.4 Å². The maximum absolute atomic E-state index is 13.0. The summed E-state index contributed by atoms with van der Waals surface area (Å²) in [7, 11) is 3.34. The van der Waals surface area contributed by atoms with Gasteiger partial charge in [0.2, 0.25) is 0 Å². The normalized spacial score (nSPS) is 20.0. The minimum Gasteiger partial charge on any atom is -0.383 e. The molecule has 1 aliphatic rings. The number of methoxy groups -OCH3 is 2. The van der Waals surface area contributed by atoms with Crippen molar-refractivity contribution >= 4 is 5.91 Å². The van der Waals surface area contributed by atoms with Crippen LogP contribution in [-0.4, -0.2) is 55.3 Å². The fourth-order valence-electron chi connectivity index (χ4n) is 3.36. The first kappa shape index (κ1) is 17.6. The first-order chi connectivity index (χ1) is 12.1. The molecule has 0 saturated carbocycles. The predicted octanol–water partition coefficient (Wildman–Crippen LogP) is 2.93. The Morgan fingerprint density at radius 2 is 1.96 bits per heavy atom. The number of hydrogen-bond acceptors (Lipinski definition) is 4. The van der Waals surface area contributed by atoms with E-state index in [1.807, 2.05) is 54.3 Å². The second-order valence-corrected chi connectivity index (χ2v) is 6.36. The van der Waals surface area contributed by atoms with E-state index in [-0.39, 0.29) is 18.1 Å². The highest BCUT2D eigenvalue weighted by molar-refractivity contribution is 5.96. The Kier molecular flexibility index (Phi) is 5.46. The molecule has 2 atom stereocenters. The molecule has 1 amide bonds. The number of aryl methyl sites for hydroxylation is 1. The molecule has 132 valence electrons. The number of likely N-dealkylation sites (tertiary alicyclic amines) is 1. The summed E-state index contributed by atoms with van der Waals surface area (Å²) in [6.07, 6.45) is 0.853. The summed E-state index contributed by atoms with van der Waals surface area (Å²) < 4.78 is 10.7. The van der Waals surface area contributed by atoms with E-state index in [4.69, 9.17) is 9.47 Å². The standard InChI is InChI=1S/C20H24N2O3/c1-14-18(9-10-19(21-14)15-7-5-4-6-8-15)20(23)22-12-17(25-3)11-16(22)13-24-2/h4-10,16-17H,11-13H2,1-3H3/t16-,17-/m0/s1. The average Bonchev–Trinajstić information content (AvgIpc) is 3.05. The molecule has 0 N–H and O–H groups in total. The Bertz CT molecular complexity index is 733. The van der Waals surface area contributed by atoms with Crippen LogP contribution in [0.25, 0.3) is 11.3 Å². The summed E-state index contributed by atoms with van der Waals surface area (Å²) in [5, 5.41) is 0. The van der Waals surface area contributed by atoms with E-state index in [0.29, 0.717) is 18.7 Å². The lowest BCUT2D eigenvalue weighted by molar-refractivity contribution is 0.0611. The summed E-state index contributed by atoms with van der Waals surface area (Å²) in [5.74, 6) is -0.00814. The molecule has 0 bridgehead atoms. The van der Waals surface area contributed by atoms with Gasteiger partial charge in [-0.1, -0.05) is 30.3 Å². The maximum Gasteiger partial charge on any atom is 0.256 e. The molecular formula is C20H24N2O3. The summed E-state index contributed by atoms with van der Waals surface area (Å²) in [4.78, 5) is 19.5. The minimum absolute atomic E-state index is 0.00814. The van der Waals surface area contributed by atoms with Crippen molar-refractivity contribution in [2.45, 2.75) is 25.5 Å². The van der Waals surface area contributed by atoms with Crippen molar-refractivity contribution in [1.29, 1.82) is 0 Å². The van der Waals surface area contributed by atoms with Crippen LogP contribution in [0.3, 0.4) is 0 Å². The minimum atomic E-state index is -0.00814. The highest BCUT2D eigenvalue weighted by Gasteiger charge is 2.36. The van der Waals surface area contributed by atoms with Gasteiger partial charge in [-0.05, 0) is 25.5 Å². The van der Waals surface area contributed by atoms with E-state index in [0.717, 1.165) is 23.4 Å². The third kappa shape index (κ3) is 3.72. The van der Waals surface area contributed by atoms with Crippen molar-refractivity contribution in [1.82, 2.24) is 9.88 Å². The number of ether oxygens (including phenoxy) is 2. The smallest absolute Gasteiger partial charge is 0.256 e. The lowest BCUT2D eigenvalue weighted by Gasteiger charge is -2.24. The van der Waals surface area contributed by atoms with E-state index in [1.54, 1.807) is 14.2 Å². The zero-order chi connectivity index (χ0) is 17.8. The monoisotopic (exact) mass is 340 g/mol. The number of nitrogens with zero attached hydrogens (tertiary/aromatic N) is 2.